The minimum atomic E-state index is 0.252. The number of ether oxygens (including phenoxy) is 1. The van der Waals surface area contributed by atoms with Crippen LogP contribution in [0, 0.1) is 0 Å². The third-order valence-corrected chi connectivity index (χ3v) is 4.52. The van der Waals surface area contributed by atoms with Gasteiger partial charge in [-0.25, -0.2) is 0 Å². The summed E-state index contributed by atoms with van der Waals surface area (Å²) in [6.45, 7) is 4.44. The van der Waals surface area contributed by atoms with Gasteiger partial charge in [0.15, 0.2) is 0 Å². The van der Waals surface area contributed by atoms with E-state index in [0.29, 0.717) is 0 Å². The highest BCUT2D eigenvalue weighted by molar-refractivity contribution is 5.40. The Kier molecular flexibility index (Phi) is 4.11. The van der Waals surface area contributed by atoms with Gasteiger partial charge in [0, 0.05) is 5.41 Å². The predicted molar refractivity (Wildman–Crippen MR) is 77.2 cm³/mol. The topological polar surface area (TPSA) is 9.23 Å². The van der Waals surface area contributed by atoms with E-state index in [2.05, 4.69) is 38.1 Å². The minimum absolute atomic E-state index is 0.252. The summed E-state index contributed by atoms with van der Waals surface area (Å²) >= 11 is 0. The molecule has 1 aromatic carbocycles. The highest BCUT2D eigenvalue weighted by Gasteiger charge is 2.35. The molecule has 0 unspecified atom stereocenters. The smallest absolute Gasteiger partial charge is 0.119 e. The van der Waals surface area contributed by atoms with Gasteiger partial charge >= 0.3 is 0 Å². The van der Waals surface area contributed by atoms with Gasteiger partial charge in [0.1, 0.15) is 5.75 Å². The first kappa shape index (κ1) is 13.2. The van der Waals surface area contributed by atoms with Crippen molar-refractivity contribution >= 4 is 0 Å². The second-order valence-electron chi connectivity index (χ2n) is 5.35. The molecule has 1 nitrogen and oxygen atoms in total. The zero-order valence-electron chi connectivity index (χ0n) is 11.8. The molecule has 2 rings (SSSR count). The van der Waals surface area contributed by atoms with E-state index in [1.165, 1.54) is 43.2 Å². The summed E-state index contributed by atoms with van der Waals surface area (Å²) in [6.07, 6.45) is 8.88. The number of rotatable bonds is 3. The molecule has 1 saturated carbocycles. The SMILES string of the molecule is C/C=C(\C)C1(c2cccc(OC)c2)CCCCC1. The Bertz CT molecular complexity index is 425. The molecule has 1 aromatic rings. The Hall–Kier alpha value is -1.24. The van der Waals surface area contributed by atoms with E-state index >= 15 is 0 Å². The average molecular weight is 244 g/mol. The summed E-state index contributed by atoms with van der Waals surface area (Å²) in [5.41, 5.74) is 3.19. The Balaban J connectivity index is 2.45. The molecule has 0 aliphatic heterocycles. The first-order chi connectivity index (χ1) is 8.73. The van der Waals surface area contributed by atoms with Crippen LogP contribution in [-0.4, -0.2) is 7.11 Å². The van der Waals surface area contributed by atoms with Crippen LogP contribution in [0.4, 0.5) is 0 Å². The second kappa shape index (κ2) is 5.60. The van der Waals surface area contributed by atoms with Crippen LogP contribution in [0.5, 0.6) is 5.75 Å². The molecular formula is C17H24O. The lowest BCUT2D eigenvalue weighted by Crippen LogP contribution is -2.30. The van der Waals surface area contributed by atoms with Crippen molar-refractivity contribution in [1.29, 1.82) is 0 Å². The number of hydrogen-bond acceptors (Lipinski definition) is 1. The molecule has 0 radical (unpaired) electrons. The van der Waals surface area contributed by atoms with Gasteiger partial charge < -0.3 is 4.74 Å². The lowest BCUT2D eigenvalue weighted by atomic mass is 9.65. The van der Waals surface area contributed by atoms with Crippen LogP contribution in [0.1, 0.15) is 51.5 Å². The van der Waals surface area contributed by atoms with E-state index in [1.807, 2.05) is 6.07 Å². The van der Waals surface area contributed by atoms with E-state index in [4.69, 9.17) is 4.74 Å². The summed E-state index contributed by atoms with van der Waals surface area (Å²) in [4.78, 5) is 0. The predicted octanol–water partition coefficient (Wildman–Crippen LogP) is 4.86. The molecule has 0 spiro atoms. The third-order valence-electron chi connectivity index (χ3n) is 4.52. The zero-order valence-corrected chi connectivity index (χ0v) is 11.8. The van der Waals surface area contributed by atoms with Crippen LogP contribution >= 0.6 is 0 Å². The van der Waals surface area contributed by atoms with Gasteiger partial charge in [-0.05, 0) is 44.4 Å². The molecule has 0 heterocycles. The fourth-order valence-electron chi connectivity index (χ4n) is 3.26. The molecule has 0 bridgehead atoms. The molecule has 0 atom stereocenters. The third kappa shape index (κ3) is 2.31. The summed E-state index contributed by atoms with van der Waals surface area (Å²) < 4.78 is 5.38. The van der Waals surface area contributed by atoms with E-state index in [9.17, 15) is 0 Å². The molecule has 1 aliphatic carbocycles. The van der Waals surface area contributed by atoms with Crippen molar-refractivity contribution < 1.29 is 4.74 Å². The van der Waals surface area contributed by atoms with Crippen molar-refractivity contribution in [3.8, 4) is 5.75 Å². The zero-order chi connectivity index (χ0) is 13.0. The molecule has 1 fully saturated rings. The van der Waals surface area contributed by atoms with Crippen LogP contribution in [0.2, 0.25) is 0 Å². The summed E-state index contributed by atoms with van der Waals surface area (Å²) in [5.74, 6) is 0.973. The molecular weight excluding hydrogens is 220 g/mol. The maximum absolute atomic E-state index is 5.38. The van der Waals surface area contributed by atoms with Gasteiger partial charge in [0.2, 0.25) is 0 Å². The summed E-state index contributed by atoms with van der Waals surface area (Å²) in [7, 11) is 1.75. The monoisotopic (exact) mass is 244 g/mol. The fourth-order valence-corrected chi connectivity index (χ4v) is 3.26. The molecule has 0 N–H and O–H groups in total. The van der Waals surface area contributed by atoms with Crippen LogP contribution in [-0.2, 0) is 5.41 Å². The van der Waals surface area contributed by atoms with Crippen molar-refractivity contribution in [2.75, 3.05) is 7.11 Å². The Morgan fingerprint density at radius 2 is 1.94 bits per heavy atom. The van der Waals surface area contributed by atoms with Crippen LogP contribution < -0.4 is 4.74 Å². The van der Waals surface area contributed by atoms with Gasteiger partial charge in [0.25, 0.3) is 0 Å². The van der Waals surface area contributed by atoms with Gasteiger partial charge in [-0.2, -0.15) is 0 Å². The Morgan fingerprint density at radius 1 is 1.22 bits per heavy atom. The molecule has 0 amide bonds. The normalized spacial score (nSPS) is 19.6. The van der Waals surface area contributed by atoms with Crippen molar-refractivity contribution in [3.63, 3.8) is 0 Å². The lowest BCUT2D eigenvalue weighted by Gasteiger charge is -2.39. The Morgan fingerprint density at radius 3 is 2.56 bits per heavy atom. The van der Waals surface area contributed by atoms with Crippen LogP contribution in [0.25, 0.3) is 0 Å². The standard InChI is InChI=1S/C17H24O/c1-4-14(2)17(11-6-5-7-12-17)15-9-8-10-16(13-15)18-3/h4,8-10,13H,5-7,11-12H2,1-3H3/b14-4+. The largest absolute Gasteiger partial charge is 0.497 e. The van der Waals surface area contributed by atoms with Gasteiger partial charge in [0.05, 0.1) is 7.11 Å². The maximum Gasteiger partial charge on any atom is 0.119 e. The first-order valence-electron chi connectivity index (χ1n) is 7.01. The minimum Gasteiger partial charge on any atom is -0.497 e. The molecule has 0 saturated heterocycles. The second-order valence-corrected chi connectivity index (χ2v) is 5.35. The quantitative estimate of drug-likeness (QED) is 0.690. The number of allylic oxidation sites excluding steroid dienone is 2. The van der Waals surface area contributed by atoms with E-state index in [-0.39, 0.29) is 5.41 Å². The molecule has 98 valence electrons. The highest BCUT2D eigenvalue weighted by atomic mass is 16.5. The van der Waals surface area contributed by atoms with Crippen molar-refractivity contribution in [3.05, 3.63) is 41.5 Å². The van der Waals surface area contributed by atoms with Gasteiger partial charge in [-0.3, -0.25) is 0 Å². The fraction of sp³-hybridized carbons (Fsp3) is 0.529. The van der Waals surface area contributed by atoms with E-state index in [1.54, 1.807) is 7.11 Å². The Labute approximate surface area is 111 Å². The molecule has 1 heteroatoms. The number of hydrogen-bond donors (Lipinski definition) is 0. The van der Waals surface area contributed by atoms with Gasteiger partial charge in [-0.1, -0.05) is 43.0 Å². The molecule has 1 aliphatic rings. The molecule has 18 heavy (non-hydrogen) atoms. The summed E-state index contributed by atoms with van der Waals surface area (Å²) in [5, 5.41) is 0. The van der Waals surface area contributed by atoms with E-state index in [0.717, 1.165) is 5.75 Å². The van der Waals surface area contributed by atoms with E-state index < -0.39 is 0 Å². The maximum atomic E-state index is 5.38. The van der Waals surface area contributed by atoms with Crippen molar-refractivity contribution in [1.82, 2.24) is 0 Å². The highest BCUT2D eigenvalue weighted by Crippen LogP contribution is 2.45. The van der Waals surface area contributed by atoms with Crippen LogP contribution in [0.15, 0.2) is 35.9 Å². The lowest BCUT2D eigenvalue weighted by molar-refractivity contribution is 0.337. The first-order valence-corrected chi connectivity index (χ1v) is 7.01. The molecule has 0 aromatic heterocycles. The summed E-state index contributed by atoms with van der Waals surface area (Å²) in [6, 6.07) is 8.64. The number of methoxy groups -OCH3 is 1. The average Bonchev–Trinajstić information content (AvgIpc) is 2.47. The van der Waals surface area contributed by atoms with Crippen molar-refractivity contribution in [2.45, 2.75) is 51.4 Å². The van der Waals surface area contributed by atoms with Crippen molar-refractivity contribution in [2.24, 2.45) is 0 Å². The number of benzene rings is 1. The van der Waals surface area contributed by atoms with Crippen LogP contribution in [0.3, 0.4) is 0 Å². The van der Waals surface area contributed by atoms with Gasteiger partial charge in [-0.15, -0.1) is 0 Å².